The summed E-state index contributed by atoms with van der Waals surface area (Å²) in [5.74, 6) is 0.0640. The molecule has 8 heteroatoms. The van der Waals surface area contributed by atoms with E-state index in [0.29, 0.717) is 29.3 Å². The van der Waals surface area contributed by atoms with E-state index in [1.54, 1.807) is 29.0 Å². The number of anilines is 1. The van der Waals surface area contributed by atoms with E-state index in [9.17, 15) is 9.50 Å². The van der Waals surface area contributed by atoms with Crippen LogP contribution in [0.15, 0.2) is 30.7 Å². The standard InChI is InChI=1S/C17H17ClFN5O/c18-10-5-6-24-15(7-10)13(8-21-24)16-20-9-14(19)17(23-16)22-11-1-3-12(25)4-2-11/h5-9,11-12,25H,1-4H2,(H,20,22,23). The number of pyridine rings is 1. The summed E-state index contributed by atoms with van der Waals surface area (Å²) in [7, 11) is 0. The lowest BCUT2D eigenvalue weighted by atomic mass is 9.93. The molecule has 0 aliphatic heterocycles. The lowest BCUT2D eigenvalue weighted by Gasteiger charge is -2.26. The van der Waals surface area contributed by atoms with Gasteiger partial charge < -0.3 is 10.4 Å². The SMILES string of the molecule is OC1CCC(Nc2nc(-c3cnn4ccc(Cl)cc34)ncc2F)CC1. The summed E-state index contributed by atoms with van der Waals surface area (Å²) in [5, 5.41) is 17.6. The number of hydrogen-bond donors (Lipinski definition) is 2. The van der Waals surface area contributed by atoms with Crippen molar-refractivity contribution in [2.45, 2.75) is 37.8 Å². The first-order valence-electron chi connectivity index (χ1n) is 8.20. The van der Waals surface area contributed by atoms with Gasteiger partial charge in [-0.25, -0.2) is 18.9 Å². The number of nitrogens with one attached hydrogen (secondary N) is 1. The van der Waals surface area contributed by atoms with Gasteiger partial charge in [-0.15, -0.1) is 0 Å². The maximum absolute atomic E-state index is 14.1. The van der Waals surface area contributed by atoms with Gasteiger partial charge in [0.15, 0.2) is 17.5 Å². The Balaban J connectivity index is 1.65. The highest BCUT2D eigenvalue weighted by atomic mass is 35.5. The fourth-order valence-corrected chi connectivity index (χ4v) is 3.30. The zero-order chi connectivity index (χ0) is 17.4. The zero-order valence-corrected chi connectivity index (χ0v) is 14.1. The van der Waals surface area contributed by atoms with Crippen molar-refractivity contribution < 1.29 is 9.50 Å². The van der Waals surface area contributed by atoms with Crippen molar-refractivity contribution in [1.29, 1.82) is 0 Å². The first-order chi connectivity index (χ1) is 12.1. The van der Waals surface area contributed by atoms with Crippen LogP contribution < -0.4 is 5.32 Å². The number of hydrogen-bond acceptors (Lipinski definition) is 5. The largest absolute Gasteiger partial charge is 0.393 e. The lowest BCUT2D eigenvalue weighted by molar-refractivity contribution is 0.126. The van der Waals surface area contributed by atoms with Crippen LogP contribution in [0.25, 0.3) is 16.9 Å². The second-order valence-electron chi connectivity index (χ2n) is 6.27. The summed E-state index contributed by atoms with van der Waals surface area (Å²) in [4.78, 5) is 8.46. The molecule has 1 aliphatic carbocycles. The molecule has 1 saturated carbocycles. The van der Waals surface area contributed by atoms with Crippen LogP contribution in [-0.2, 0) is 0 Å². The summed E-state index contributed by atoms with van der Waals surface area (Å²) < 4.78 is 15.8. The molecule has 3 heterocycles. The van der Waals surface area contributed by atoms with E-state index < -0.39 is 5.82 Å². The first kappa shape index (κ1) is 16.2. The third kappa shape index (κ3) is 3.29. The summed E-state index contributed by atoms with van der Waals surface area (Å²) in [6.45, 7) is 0. The molecule has 0 spiro atoms. The molecule has 0 aromatic carbocycles. The Morgan fingerprint density at radius 2 is 2.04 bits per heavy atom. The molecule has 25 heavy (non-hydrogen) atoms. The van der Waals surface area contributed by atoms with E-state index in [2.05, 4.69) is 20.4 Å². The van der Waals surface area contributed by atoms with Crippen LogP contribution in [0.2, 0.25) is 5.02 Å². The summed E-state index contributed by atoms with van der Waals surface area (Å²) in [5.41, 5.74) is 1.44. The highest BCUT2D eigenvalue weighted by molar-refractivity contribution is 6.31. The van der Waals surface area contributed by atoms with E-state index in [1.165, 1.54) is 0 Å². The molecule has 2 N–H and O–H groups in total. The fraction of sp³-hybridized carbons (Fsp3) is 0.353. The Bertz CT molecular complexity index is 907. The van der Waals surface area contributed by atoms with Gasteiger partial charge in [-0.1, -0.05) is 11.6 Å². The van der Waals surface area contributed by atoms with Crippen molar-refractivity contribution in [2.75, 3.05) is 5.32 Å². The summed E-state index contributed by atoms with van der Waals surface area (Å²) in [6.07, 6.45) is 7.28. The van der Waals surface area contributed by atoms with Crippen molar-refractivity contribution in [3.8, 4) is 11.4 Å². The van der Waals surface area contributed by atoms with Crippen molar-refractivity contribution in [3.05, 3.63) is 41.6 Å². The highest BCUT2D eigenvalue weighted by Gasteiger charge is 2.21. The number of aromatic nitrogens is 4. The van der Waals surface area contributed by atoms with Crippen molar-refractivity contribution in [1.82, 2.24) is 19.6 Å². The number of aliphatic hydroxyl groups excluding tert-OH is 1. The number of nitrogens with zero attached hydrogens (tertiary/aromatic N) is 4. The van der Waals surface area contributed by atoms with Gasteiger partial charge in [0.05, 0.1) is 29.6 Å². The molecule has 0 radical (unpaired) electrons. The van der Waals surface area contributed by atoms with Crippen LogP contribution in [0.1, 0.15) is 25.7 Å². The van der Waals surface area contributed by atoms with E-state index >= 15 is 0 Å². The molecule has 0 atom stereocenters. The Kier molecular flexibility index (Phi) is 4.27. The summed E-state index contributed by atoms with van der Waals surface area (Å²) in [6, 6.07) is 3.60. The van der Waals surface area contributed by atoms with E-state index in [0.717, 1.165) is 24.6 Å². The molecule has 0 bridgehead atoms. The molecule has 1 aliphatic rings. The molecule has 6 nitrogen and oxygen atoms in total. The van der Waals surface area contributed by atoms with Gasteiger partial charge in [0.1, 0.15) is 0 Å². The molecular weight excluding hydrogens is 345 g/mol. The van der Waals surface area contributed by atoms with Gasteiger partial charge in [0, 0.05) is 17.3 Å². The topological polar surface area (TPSA) is 75.3 Å². The predicted octanol–water partition coefficient (Wildman–Crippen LogP) is 3.30. The maximum atomic E-state index is 14.1. The first-order valence-corrected chi connectivity index (χ1v) is 8.58. The number of halogens is 2. The van der Waals surface area contributed by atoms with E-state index in [4.69, 9.17) is 11.6 Å². The van der Waals surface area contributed by atoms with Gasteiger partial charge in [-0.3, -0.25) is 0 Å². The van der Waals surface area contributed by atoms with Crippen LogP contribution in [0.4, 0.5) is 10.2 Å². The minimum atomic E-state index is -0.496. The van der Waals surface area contributed by atoms with E-state index in [1.807, 2.05) is 0 Å². The number of fused-ring (bicyclic) bond motifs is 1. The van der Waals surface area contributed by atoms with Crippen LogP contribution in [0, 0.1) is 5.82 Å². The minimum absolute atomic E-state index is 0.0963. The van der Waals surface area contributed by atoms with Crippen molar-refractivity contribution in [2.24, 2.45) is 0 Å². The number of rotatable bonds is 3. The minimum Gasteiger partial charge on any atom is -0.393 e. The van der Waals surface area contributed by atoms with Gasteiger partial charge in [-0.2, -0.15) is 5.10 Å². The Hall–Kier alpha value is -2.25. The molecule has 0 saturated heterocycles. The molecular formula is C17H17ClFN5O. The normalized spacial score (nSPS) is 20.8. The van der Waals surface area contributed by atoms with Crippen LogP contribution in [0.5, 0.6) is 0 Å². The monoisotopic (exact) mass is 361 g/mol. The molecule has 4 rings (SSSR count). The van der Waals surface area contributed by atoms with Crippen molar-refractivity contribution in [3.63, 3.8) is 0 Å². The second kappa shape index (κ2) is 6.57. The molecule has 130 valence electrons. The zero-order valence-electron chi connectivity index (χ0n) is 13.4. The third-order valence-corrected chi connectivity index (χ3v) is 4.74. The average molecular weight is 362 g/mol. The maximum Gasteiger partial charge on any atom is 0.183 e. The quantitative estimate of drug-likeness (QED) is 0.748. The van der Waals surface area contributed by atoms with Gasteiger partial charge in [-0.05, 0) is 37.8 Å². The predicted molar refractivity (Wildman–Crippen MR) is 93.1 cm³/mol. The average Bonchev–Trinajstić information content (AvgIpc) is 3.02. The van der Waals surface area contributed by atoms with Crippen molar-refractivity contribution >= 4 is 22.9 Å². The Morgan fingerprint density at radius 1 is 1.24 bits per heavy atom. The smallest absolute Gasteiger partial charge is 0.183 e. The summed E-state index contributed by atoms with van der Waals surface area (Å²) >= 11 is 6.06. The van der Waals surface area contributed by atoms with Gasteiger partial charge in [0.25, 0.3) is 0 Å². The number of aliphatic hydroxyl groups is 1. The Morgan fingerprint density at radius 3 is 2.84 bits per heavy atom. The fourth-order valence-electron chi connectivity index (χ4n) is 3.14. The van der Waals surface area contributed by atoms with Crippen LogP contribution >= 0.6 is 11.6 Å². The third-order valence-electron chi connectivity index (χ3n) is 4.51. The van der Waals surface area contributed by atoms with Crippen LogP contribution in [-0.4, -0.2) is 36.8 Å². The molecule has 0 unspecified atom stereocenters. The van der Waals surface area contributed by atoms with Gasteiger partial charge in [0.2, 0.25) is 0 Å². The molecule has 0 amide bonds. The van der Waals surface area contributed by atoms with Crippen LogP contribution in [0.3, 0.4) is 0 Å². The second-order valence-corrected chi connectivity index (χ2v) is 6.71. The molecule has 3 aromatic heterocycles. The lowest BCUT2D eigenvalue weighted by Crippen LogP contribution is -2.29. The molecule has 1 fully saturated rings. The Labute approximate surface area is 148 Å². The van der Waals surface area contributed by atoms with Gasteiger partial charge >= 0.3 is 0 Å². The highest BCUT2D eigenvalue weighted by Crippen LogP contribution is 2.27. The van der Waals surface area contributed by atoms with E-state index in [-0.39, 0.29) is 18.0 Å². The molecule has 3 aromatic rings.